The molecular formula is C15H19NO3. The van der Waals surface area contributed by atoms with Crippen LogP contribution < -0.4 is 0 Å². The zero-order chi connectivity index (χ0) is 13.3. The topological polar surface area (TPSA) is 38.8 Å². The molecule has 2 heterocycles. The summed E-state index contributed by atoms with van der Waals surface area (Å²) in [7, 11) is 0. The Morgan fingerprint density at radius 1 is 1.21 bits per heavy atom. The maximum Gasteiger partial charge on any atom is 0.253 e. The van der Waals surface area contributed by atoms with Crippen molar-refractivity contribution in [2.45, 2.75) is 25.6 Å². The number of rotatable bonds is 2. The van der Waals surface area contributed by atoms with Crippen molar-refractivity contribution >= 4 is 5.91 Å². The van der Waals surface area contributed by atoms with E-state index in [2.05, 4.69) is 0 Å². The van der Waals surface area contributed by atoms with Gasteiger partial charge in [-0.15, -0.1) is 0 Å². The first-order valence-electron chi connectivity index (χ1n) is 6.87. The smallest absolute Gasteiger partial charge is 0.253 e. The van der Waals surface area contributed by atoms with Gasteiger partial charge in [-0.2, -0.15) is 0 Å². The molecule has 19 heavy (non-hydrogen) atoms. The summed E-state index contributed by atoms with van der Waals surface area (Å²) >= 11 is 0. The highest BCUT2D eigenvalue weighted by Gasteiger charge is 2.33. The number of nitrogens with zero attached hydrogens (tertiary/aromatic N) is 1. The van der Waals surface area contributed by atoms with Crippen LogP contribution in [-0.4, -0.2) is 37.1 Å². The van der Waals surface area contributed by atoms with Crippen LogP contribution in [-0.2, 0) is 15.3 Å². The van der Waals surface area contributed by atoms with E-state index in [0.29, 0.717) is 13.2 Å². The second-order valence-electron chi connectivity index (χ2n) is 5.22. The molecule has 1 aromatic rings. The van der Waals surface area contributed by atoms with Crippen LogP contribution in [0.2, 0.25) is 0 Å². The lowest BCUT2D eigenvalue weighted by Crippen LogP contribution is -2.28. The third-order valence-electron chi connectivity index (χ3n) is 3.87. The van der Waals surface area contributed by atoms with Gasteiger partial charge >= 0.3 is 0 Å². The Bertz CT molecular complexity index is 474. The zero-order valence-electron chi connectivity index (χ0n) is 11.2. The molecule has 0 radical (unpaired) electrons. The predicted molar refractivity (Wildman–Crippen MR) is 70.8 cm³/mol. The van der Waals surface area contributed by atoms with E-state index < -0.39 is 5.79 Å². The van der Waals surface area contributed by atoms with Gasteiger partial charge in [0.05, 0.1) is 13.2 Å². The largest absolute Gasteiger partial charge is 0.344 e. The van der Waals surface area contributed by atoms with E-state index in [9.17, 15) is 4.79 Å². The molecule has 2 fully saturated rings. The van der Waals surface area contributed by atoms with Crippen LogP contribution in [0.25, 0.3) is 0 Å². The molecule has 4 heteroatoms. The zero-order valence-corrected chi connectivity index (χ0v) is 11.2. The number of hydrogen-bond acceptors (Lipinski definition) is 3. The molecule has 4 nitrogen and oxygen atoms in total. The van der Waals surface area contributed by atoms with Gasteiger partial charge in [-0.3, -0.25) is 4.79 Å². The molecule has 2 saturated heterocycles. The molecule has 1 aromatic carbocycles. The Kier molecular flexibility index (Phi) is 3.29. The maximum absolute atomic E-state index is 12.4. The highest BCUT2D eigenvalue weighted by Crippen LogP contribution is 2.31. The molecule has 1 amide bonds. The average molecular weight is 261 g/mol. The van der Waals surface area contributed by atoms with E-state index in [0.717, 1.165) is 37.1 Å². The molecule has 0 N–H and O–H groups in total. The normalized spacial score (nSPS) is 21.8. The SMILES string of the molecule is CC1(c2cccc(C(=O)N3CCCC3)c2)OCCO1. The first-order valence-corrected chi connectivity index (χ1v) is 6.87. The summed E-state index contributed by atoms with van der Waals surface area (Å²) in [6.07, 6.45) is 2.21. The number of hydrogen-bond donors (Lipinski definition) is 0. The monoisotopic (exact) mass is 261 g/mol. The van der Waals surface area contributed by atoms with Gasteiger partial charge in [0.1, 0.15) is 0 Å². The Hall–Kier alpha value is -1.39. The van der Waals surface area contributed by atoms with E-state index in [4.69, 9.17) is 9.47 Å². The summed E-state index contributed by atoms with van der Waals surface area (Å²) in [5, 5.41) is 0. The second-order valence-corrected chi connectivity index (χ2v) is 5.22. The van der Waals surface area contributed by atoms with Crippen molar-refractivity contribution in [1.29, 1.82) is 0 Å². The molecule has 3 rings (SSSR count). The highest BCUT2D eigenvalue weighted by atomic mass is 16.7. The fourth-order valence-electron chi connectivity index (χ4n) is 2.72. The molecule has 2 aliphatic rings. The Balaban J connectivity index is 1.85. The molecular weight excluding hydrogens is 242 g/mol. The van der Waals surface area contributed by atoms with Crippen LogP contribution in [0.5, 0.6) is 0 Å². The fourth-order valence-corrected chi connectivity index (χ4v) is 2.72. The van der Waals surface area contributed by atoms with Crippen LogP contribution >= 0.6 is 0 Å². The summed E-state index contributed by atoms with van der Waals surface area (Å²) in [4.78, 5) is 14.3. The summed E-state index contributed by atoms with van der Waals surface area (Å²) in [6, 6.07) is 7.61. The molecule has 102 valence electrons. The minimum absolute atomic E-state index is 0.112. The summed E-state index contributed by atoms with van der Waals surface area (Å²) in [5.41, 5.74) is 1.63. The molecule has 0 aromatic heterocycles. The van der Waals surface area contributed by atoms with Gasteiger partial charge in [0, 0.05) is 24.2 Å². The number of ether oxygens (including phenoxy) is 2. The Morgan fingerprint density at radius 2 is 1.89 bits per heavy atom. The lowest BCUT2D eigenvalue weighted by Gasteiger charge is -2.23. The van der Waals surface area contributed by atoms with E-state index in [1.807, 2.05) is 36.1 Å². The number of amides is 1. The van der Waals surface area contributed by atoms with Gasteiger partial charge in [-0.05, 0) is 31.9 Å². The predicted octanol–water partition coefficient (Wildman–Crippen LogP) is 2.14. The van der Waals surface area contributed by atoms with Crippen molar-refractivity contribution in [1.82, 2.24) is 4.90 Å². The van der Waals surface area contributed by atoms with Crippen molar-refractivity contribution in [2.24, 2.45) is 0 Å². The molecule has 0 saturated carbocycles. The minimum atomic E-state index is -0.707. The standard InChI is InChI=1S/C15H19NO3/c1-15(18-9-10-19-15)13-6-4-5-12(11-13)14(17)16-7-2-3-8-16/h4-6,11H,2-3,7-10H2,1H3. The van der Waals surface area contributed by atoms with Crippen molar-refractivity contribution in [2.75, 3.05) is 26.3 Å². The minimum Gasteiger partial charge on any atom is -0.344 e. The maximum atomic E-state index is 12.4. The van der Waals surface area contributed by atoms with Gasteiger partial charge in [-0.1, -0.05) is 12.1 Å². The van der Waals surface area contributed by atoms with E-state index >= 15 is 0 Å². The van der Waals surface area contributed by atoms with Crippen molar-refractivity contribution in [3.8, 4) is 0 Å². The van der Waals surface area contributed by atoms with Gasteiger partial charge in [0.25, 0.3) is 5.91 Å². The number of carbonyl (C=O) groups excluding carboxylic acids is 1. The molecule has 2 aliphatic heterocycles. The first kappa shape index (κ1) is 12.6. The number of benzene rings is 1. The summed E-state index contributed by atoms with van der Waals surface area (Å²) in [6.45, 7) is 4.84. The third-order valence-corrected chi connectivity index (χ3v) is 3.87. The number of likely N-dealkylation sites (tertiary alicyclic amines) is 1. The highest BCUT2D eigenvalue weighted by molar-refractivity contribution is 5.94. The number of carbonyl (C=O) groups is 1. The fraction of sp³-hybridized carbons (Fsp3) is 0.533. The van der Waals surface area contributed by atoms with E-state index in [1.165, 1.54) is 0 Å². The molecule has 0 unspecified atom stereocenters. The van der Waals surface area contributed by atoms with Crippen LogP contribution in [0.15, 0.2) is 24.3 Å². The van der Waals surface area contributed by atoms with Gasteiger partial charge in [-0.25, -0.2) is 0 Å². The quantitative estimate of drug-likeness (QED) is 0.818. The van der Waals surface area contributed by atoms with E-state index in [-0.39, 0.29) is 5.91 Å². The molecule has 0 aliphatic carbocycles. The van der Waals surface area contributed by atoms with Crippen LogP contribution in [0, 0.1) is 0 Å². The summed E-state index contributed by atoms with van der Waals surface area (Å²) in [5.74, 6) is -0.595. The van der Waals surface area contributed by atoms with Gasteiger partial charge in [0.15, 0.2) is 5.79 Å². The van der Waals surface area contributed by atoms with Crippen LogP contribution in [0.1, 0.15) is 35.7 Å². The summed E-state index contributed by atoms with van der Waals surface area (Å²) < 4.78 is 11.3. The lowest BCUT2D eigenvalue weighted by atomic mass is 10.0. The first-order chi connectivity index (χ1) is 9.19. The third kappa shape index (κ3) is 2.38. The van der Waals surface area contributed by atoms with Crippen molar-refractivity contribution < 1.29 is 14.3 Å². The van der Waals surface area contributed by atoms with Crippen LogP contribution in [0.3, 0.4) is 0 Å². The molecule has 0 bridgehead atoms. The Labute approximate surface area is 113 Å². The lowest BCUT2D eigenvalue weighted by molar-refractivity contribution is -0.149. The van der Waals surface area contributed by atoms with Crippen molar-refractivity contribution in [3.63, 3.8) is 0 Å². The molecule has 0 spiro atoms. The van der Waals surface area contributed by atoms with Gasteiger partial charge in [0.2, 0.25) is 0 Å². The Morgan fingerprint density at radius 3 is 2.58 bits per heavy atom. The second kappa shape index (κ2) is 4.94. The molecule has 0 atom stereocenters. The van der Waals surface area contributed by atoms with Crippen LogP contribution in [0.4, 0.5) is 0 Å². The van der Waals surface area contributed by atoms with Crippen molar-refractivity contribution in [3.05, 3.63) is 35.4 Å². The average Bonchev–Trinajstić information content (AvgIpc) is 3.10. The van der Waals surface area contributed by atoms with Gasteiger partial charge < -0.3 is 14.4 Å². The van der Waals surface area contributed by atoms with E-state index in [1.54, 1.807) is 0 Å².